The van der Waals surface area contributed by atoms with Gasteiger partial charge in [0.2, 0.25) is 0 Å². The monoisotopic (exact) mass is 434 g/mol. The second-order valence-corrected chi connectivity index (χ2v) is 7.86. The van der Waals surface area contributed by atoms with E-state index in [9.17, 15) is 9.59 Å². The summed E-state index contributed by atoms with van der Waals surface area (Å²) in [6.45, 7) is 16.4. The van der Waals surface area contributed by atoms with Crippen LogP contribution in [-0.4, -0.2) is 22.6 Å². The van der Waals surface area contributed by atoms with Gasteiger partial charge in [-0.05, 0) is 46.8 Å². The second-order valence-electron chi connectivity index (χ2n) is 7.42. The molecule has 30 heavy (non-hydrogen) atoms. The largest absolute Gasteiger partial charge is 0.460 e. The lowest BCUT2D eigenvalue weighted by Gasteiger charge is -2.21. The van der Waals surface area contributed by atoms with E-state index in [1.54, 1.807) is 52.0 Å². The number of esters is 1. The number of carbonyl (C=O) groups is 2. The Balaban J connectivity index is 0.000000826. The molecule has 1 N–H and O–H groups in total. The fourth-order valence-corrected chi connectivity index (χ4v) is 3.04. The molecule has 7 heteroatoms. The highest BCUT2D eigenvalue weighted by Crippen LogP contribution is 2.38. The first kappa shape index (κ1) is 25.4. The molecule has 0 saturated carbocycles. The summed E-state index contributed by atoms with van der Waals surface area (Å²) in [5, 5.41) is 7.28. The zero-order chi connectivity index (χ0) is 23.1. The van der Waals surface area contributed by atoms with Crippen molar-refractivity contribution in [1.82, 2.24) is 10.5 Å². The van der Waals surface area contributed by atoms with E-state index in [4.69, 9.17) is 20.9 Å². The van der Waals surface area contributed by atoms with Gasteiger partial charge in [-0.15, -0.1) is 6.58 Å². The van der Waals surface area contributed by atoms with Crippen LogP contribution < -0.4 is 5.32 Å². The molecule has 1 aliphatic rings. The van der Waals surface area contributed by atoms with Crippen LogP contribution in [0.3, 0.4) is 0 Å². The number of fused-ring (bicyclic) bond motifs is 3. The number of amides is 1. The van der Waals surface area contributed by atoms with Gasteiger partial charge in [-0.25, -0.2) is 0 Å². The van der Waals surface area contributed by atoms with Crippen molar-refractivity contribution in [1.29, 1.82) is 0 Å². The van der Waals surface area contributed by atoms with Gasteiger partial charge in [0, 0.05) is 16.1 Å². The minimum atomic E-state index is -0.662. The van der Waals surface area contributed by atoms with E-state index in [-0.39, 0.29) is 12.3 Å². The first-order chi connectivity index (χ1) is 14.1. The number of ether oxygens (including phenoxy) is 1. The standard InChI is InChI=1S/C18H19ClN2O4.C3H6.C2H6/c1-9-15-11-6-5-10(19)7-12(11)17(23)20-13(16(15)25-21-9)8-14(22)24-18(2,3)4;1-3-2;1-2/h5-7,13H,8H2,1-4H3,(H,20,23);3H,1H2,2H3;1-2H3/t13-;;/m0../s1. The van der Waals surface area contributed by atoms with E-state index < -0.39 is 17.6 Å². The van der Waals surface area contributed by atoms with Crippen molar-refractivity contribution < 1.29 is 18.8 Å². The number of benzene rings is 1. The molecule has 0 saturated heterocycles. The van der Waals surface area contributed by atoms with Gasteiger partial charge in [0.1, 0.15) is 11.6 Å². The van der Waals surface area contributed by atoms with Crippen molar-refractivity contribution >= 4 is 23.5 Å². The number of hydrogen-bond donors (Lipinski definition) is 1. The average molecular weight is 435 g/mol. The number of aryl methyl sites for hydroxylation is 1. The van der Waals surface area contributed by atoms with Gasteiger partial charge in [0.05, 0.1) is 17.7 Å². The molecule has 1 aromatic carbocycles. The Morgan fingerprint density at radius 1 is 1.33 bits per heavy atom. The summed E-state index contributed by atoms with van der Waals surface area (Å²) in [4.78, 5) is 24.9. The Bertz CT molecular complexity index is 897. The lowest BCUT2D eigenvalue weighted by Crippen LogP contribution is -2.31. The van der Waals surface area contributed by atoms with Gasteiger partial charge in [0.25, 0.3) is 5.91 Å². The number of nitrogens with zero attached hydrogens (tertiary/aromatic N) is 1. The highest BCUT2D eigenvalue weighted by atomic mass is 35.5. The number of carbonyl (C=O) groups excluding carboxylic acids is 2. The van der Waals surface area contributed by atoms with Gasteiger partial charge < -0.3 is 14.6 Å². The normalized spacial score (nSPS) is 14.4. The third-order valence-electron chi connectivity index (χ3n) is 3.80. The number of nitrogens with one attached hydrogen (secondary N) is 1. The minimum absolute atomic E-state index is 0.0492. The highest BCUT2D eigenvalue weighted by Gasteiger charge is 2.34. The maximum absolute atomic E-state index is 12.6. The summed E-state index contributed by atoms with van der Waals surface area (Å²) >= 11 is 6.04. The molecule has 0 bridgehead atoms. The third-order valence-corrected chi connectivity index (χ3v) is 4.03. The Hall–Kier alpha value is -2.60. The molecule has 6 nitrogen and oxygen atoms in total. The number of allylic oxidation sites excluding steroid dienone is 1. The van der Waals surface area contributed by atoms with Crippen LogP contribution in [0, 0.1) is 6.92 Å². The summed E-state index contributed by atoms with van der Waals surface area (Å²) in [6.07, 6.45) is 1.70. The minimum Gasteiger partial charge on any atom is -0.460 e. The molecule has 2 heterocycles. The summed E-state index contributed by atoms with van der Waals surface area (Å²) in [5.74, 6) is -0.309. The Morgan fingerprint density at radius 3 is 2.50 bits per heavy atom. The molecule has 1 amide bonds. The molecule has 3 rings (SSSR count). The number of aromatic nitrogens is 1. The van der Waals surface area contributed by atoms with E-state index in [1.165, 1.54) is 0 Å². The summed E-state index contributed by atoms with van der Waals surface area (Å²) in [6, 6.07) is 4.40. The smallest absolute Gasteiger partial charge is 0.308 e. The summed E-state index contributed by atoms with van der Waals surface area (Å²) < 4.78 is 10.8. The third kappa shape index (κ3) is 6.46. The van der Waals surface area contributed by atoms with Gasteiger partial charge in [-0.2, -0.15) is 0 Å². The molecule has 0 unspecified atom stereocenters. The second kappa shape index (κ2) is 11.0. The number of halogens is 1. The molecular weight excluding hydrogens is 404 g/mol. The van der Waals surface area contributed by atoms with Crippen molar-refractivity contribution in [2.45, 2.75) is 66.5 Å². The van der Waals surface area contributed by atoms with Crippen molar-refractivity contribution in [3.05, 3.63) is 52.9 Å². The number of hydrogen-bond acceptors (Lipinski definition) is 5. The van der Waals surface area contributed by atoms with E-state index in [0.717, 1.165) is 0 Å². The van der Waals surface area contributed by atoms with Gasteiger partial charge in [-0.3, -0.25) is 9.59 Å². The van der Waals surface area contributed by atoms with Gasteiger partial charge in [0.15, 0.2) is 5.76 Å². The molecule has 0 fully saturated rings. The predicted octanol–water partition coefficient (Wildman–Crippen LogP) is 6.04. The Morgan fingerprint density at radius 2 is 1.93 bits per heavy atom. The molecule has 0 radical (unpaired) electrons. The molecule has 1 aliphatic heterocycles. The first-order valence-electron chi connectivity index (χ1n) is 9.93. The van der Waals surface area contributed by atoms with Crippen LogP contribution in [-0.2, 0) is 9.53 Å². The maximum atomic E-state index is 12.6. The maximum Gasteiger partial charge on any atom is 0.308 e. The zero-order valence-corrected chi connectivity index (χ0v) is 19.5. The van der Waals surface area contributed by atoms with Crippen molar-refractivity contribution in [3.8, 4) is 11.1 Å². The van der Waals surface area contributed by atoms with Gasteiger partial charge in [-0.1, -0.05) is 42.7 Å². The SMILES string of the molecule is C=CC.CC.Cc1noc2c1-c1ccc(Cl)cc1C(=O)N[C@H]2CC(=O)OC(C)(C)C. The fraction of sp³-hybridized carbons (Fsp3) is 0.435. The van der Waals surface area contributed by atoms with Crippen LogP contribution in [0.5, 0.6) is 0 Å². The van der Waals surface area contributed by atoms with E-state index in [2.05, 4.69) is 17.1 Å². The quantitative estimate of drug-likeness (QED) is 0.460. The lowest BCUT2D eigenvalue weighted by atomic mass is 9.97. The average Bonchev–Trinajstić information content (AvgIpc) is 2.98. The van der Waals surface area contributed by atoms with Crippen LogP contribution in [0.2, 0.25) is 5.02 Å². The molecule has 1 atom stereocenters. The molecule has 2 aromatic rings. The van der Waals surface area contributed by atoms with Crippen LogP contribution >= 0.6 is 11.6 Å². The van der Waals surface area contributed by atoms with E-state index >= 15 is 0 Å². The van der Waals surface area contributed by atoms with Crippen molar-refractivity contribution in [2.24, 2.45) is 0 Å². The zero-order valence-electron chi connectivity index (χ0n) is 18.8. The molecule has 164 valence electrons. The highest BCUT2D eigenvalue weighted by molar-refractivity contribution is 6.31. The molecular formula is C23H31ClN2O4. The Labute approximate surface area is 183 Å². The number of rotatable bonds is 2. The van der Waals surface area contributed by atoms with Crippen LogP contribution in [0.1, 0.15) is 75.8 Å². The topological polar surface area (TPSA) is 81.4 Å². The summed E-state index contributed by atoms with van der Waals surface area (Å²) in [5.41, 5.74) is 1.85. The molecule has 0 aliphatic carbocycles. The van der Waals surface area contributed by atoms with Gasteiger partial charge >= 0.3 is 5.97 Å². The molecule has 0 spiro atoms. The lowest BCUT2D eigenvalue weighted by molar-refractivity contribution is -0.155. The van der Waals surface area contributed by atoms with Crippen LogP contribution in [0.4, 0.5) is 0 Å². The Kier molecular flexibility index (Phi) is 9.30. The van der Waals surface area contributed by atoms with E-state index in [0.29, 0.717) is 33.2 Å². The van der Waals surface area contributed by atoms with Crippen molar-refractivity contribution in [2.75, 3.05) is 0 Å². The van der Waals surface area contributed by atoms with Crippen molar-refractivity contribution in [3.63, 3.8) is 0 Å². The van der Waals surface area contributed by atoms with E-state index in [1.807, 2.05) is 20.8 Å². The first-order valence-corrected chi connectivity index (χ1v) is 10.3. The van der Waals surface area contributed by atoms with Crippen LogP contribution in [0.15, 0.2) is 35.4 Å². The fourth-order valence-electron chi connectivity index (χ4n) is 2.87. The summed E-state index contributed by atoms with van der Waals surface area (Å²) in [7, 11) is 0. The molecule has 1 aromatic heterocycles. The predicted molar refractivity (Wildman–Crippen MR) is 120 cm³/mol. The van der Waals surface area contributed by atoms with Crippen LogP contribution in [0.25, 0.3) is 11.1 Å².